The summed E-state index contributed by atoms with van der Waals surface area (Å²) in [6.07, 6.45) is 2.46. The molecule has 0 aliphatic carbocycles. The number of aryl methyl sites for hydroxylation is 2. The lowest BCUT2D eigenvalue weighted by Gasteiger charge is -2.09. The molecule has 0 aliphatic rings. The monoisotopic (exact) mass is 420 g/mol. The second-order valence-electron chi connectivity index (χ2n) is 6.42. The SMILES string of the molecule is Cc1nn(Cc2c(F)cccc2Cl)c(C)c1NC(=O)CCn1cc([N+](=O)[O-])cn1. The predicted octanol–water partition coefficient (Wildman–Crippen LogP) is 3.47. The van der Waals surface area contributed by atoms with Gasteiger partial charge in [-0.1, -0.05) is 17.7 Å². The Kier molecular flexibility index (Phi) is 5.92. The summed E-state index contributed by atoms with van der Waals surface area (Å²) >= 11 is 6.08. The maximum Gasteiger partial charge on any atom is 0.306 e. The van der Waals surface area contributed by atoms with E-state index in [1.807, 2.05) is 0 Å². The van der Waals surface area contributed by atoms with Crippen LogP contribution in [0, 0.1) is 29.8 Å². The number of halogens is 2. The largest absolute Gasteiger partial charge is 0.323 e. The summed E-state index contributed by atoms with van der Waals surface area (Å²) < 4.78 is 17.0. The van der Waals surface area contributed by atoms with Crippen LogP contribution in [0.4, 0.5) is 15.8 Å². The van der Waals surface area contributed by atoms with Gasteiger partial charge in [0.05, 0.1) is 28.5 Å². The van der Waals surface area contributed by atoms with Crippen molar-refractivity contribution < 1.29 is 14.1 Å². The molecule has 1 amide bonds. The lowest BCUT2D eigenvalue weighted by Crippen LogP contribution is -2.16. The first-order chi connectivity index (χ1) is 13.8. The number of hydrogen-bond acceptors (Lipinski definition) is 5. The van der Waals surface area contributed by atoms with Crippen molar-refractivity contribution >= 4 is 28.9 Å². The molecule has 0 unspecified atom stereocenters. The van der Waals surface area contributed by atoms with Gasteiger partial charge in [-0.15, -0.1) is 0 Å². The Morgan fingerprint density at radius 2 is 2.14 bits per heavy atom. The summed E-state index contributed by atoms with van der Waals surface area (Å²) in [7, 11) is 0. The molecule has 11 heteroatoms. The number of hydrogen-bond donors (Lipinski definition) is 1. The number of rotatable bonds is 7. The summed E-state index contributed by atoms with van der Waals surface area (Å²) in [5.74, 6) is -0.721. The number of nitrogens with zero attached hydrogens (tertiary/aromatic N) is 5. The highest BCUT2D eigenvalue weighted by Gasteiger charge is 2.17. The minimum atomic E-state index is -0.549. The van der Waals surface area contributed by atoms with E-state index in [0.29, 0.717) is 27.7 Å². The molecule has 1 aromatic carbocycles. The zero-order valence-corrected chi connectivity index (χ0v) is 16.5. The van der Waals surface area contributed by atoms with Gasteiger partial charge in [0, 0.05) is 23.6 Å². The molecular formula is C18H18ClFN6O3. The molecule has 3 rings (SSSR count). The zero-order chi connectivity index (χ0) is 21.1. The molecule has 0 saturated heterocycles. The molecule has 3 aromatic rings. The first-order valence-corrected chi connectivity index (χ1v) is 9.07. The van der Waals surface area contributed by atoms with Gasteiger partial charge < -0.3 is 5.32 Å². The molecule has 0 spiro atoms. The summed E-state index contributed by atoms with van der Waals surface area (Å²) in [4.78, 5) is 22.4. The fourth-order valence-corrected chi connectivity index (χ4v) is 3.07. The average molecular weight is 421 g/mol. The third-order valence-corrected chi connectivity index (χ3v) is 4.77. The van der Waals surface area contributed by atoms with E-state index in [1.54, 1.807) is 24.6 Å². The van der Waals surface area contributed by atoms with E-state index in [1.165, 1.54) is 23.0 Å². The Balaban J connectivity index is 1.68. The molecule has 0 atom stereocenters. The van der Waals surface area contributed by atoms with Crippen molar-refractivity contribution in [1.82, 2.24) is 19.6 Å². The summed E-state index contributed by atoms with van der Waals surface area (Å²) in [6.45, 7) is 3.82. The second-order valence-corrected chi connectivity index (χ2v) is 6.83. The third kappa shape index (κ3) is 4.60. The highest BCUT2D eigenvalue weighted by Crippen LogP contribution is 2.24. The predicted molar refractivity (Wildman–Crippen MR) is 104 cm³/mol. The standard InChI is InChI=1S/C18H18ClFN6O3/c1-11-18(22-17(27)6-7-24-9-13(8-21-24)26(28)29)12(2)25(23-11)10-14-15(19)4-3-5-16(14)20/h3-5,8-9H,6-7,10H2,1-2H3,(H,22,27). The number of carbonyl (C=O) groups is 1. The Bertz CT molecular complexity index is 1060. The van der Waals surface area contributed by atoms with Gasteiger partial charge in [-0.25, -0.2) is 4.39 Å². The van der Waals surface area contributed by atoms with Crippen LogP contribution >= 0.6 is 11.6 Å². The van der Waals surface area contributed by atoms with Crippen molar-refractivity contribution in [2.24, 2.45) is 0 Å². The maximum absolute atomic E-state index is 14.1. The molecular weight excluding hydrogens is 403 g/mol. The van der Waals surface area contributed by atoms with Crippen LogP contribution in [-0.4, -0.2) is 30.4 Å². The fraction of sp³-hybridized carbons (Fsp3) is 0.278. The van der Waals surface area contributed by atoms with Crippen molar-refractivity contribution in [3.63, 3.8) is 0 Å². The Labute approximate surface area is 170 Å². The third-order valence-electron chi connectivity index (χ3n) is 4.41. The highest BCUT2D eigenvalue weighted by molar-refractivity contribution is 6.31. The fourth-order valence-electron chi connectivity index (χ4n) is 2.85. The maximum atomic E-state index is 14.1. The van der Waals surface area contributed by atoms with Crippen LogP contribution in [0.2, 0.25) is 5.02 Å². The zero-order valence-electron chi connectivity index (χ0n) is 15.7. The molecule has 0 fully saturated rings. The van der Waals surface area contributed by atoms with Crippen LogP contribution in [-0.2, 0) is 17.9 Å². The first-order valence-electron chi connectivity index (χ1n) is 8.70. The molecule has 0 bridgehead atoms. The van der Waals surface area contributed by atoms with Gasteiger partial charge in [-0.2, -0.15) is 10.2 Å². The number of carbonyl (C=O) groups excluding carboxylic acids is 1. The van der Waals surface area contributed by atoms with Crippen molar-refractivity contribution in [3.05, 3.63) is 68.5 Å². The van der Waals surface area contributed by atoms with Gasteiger partial charge in [0.2, 0.25) is 5.91 Å². The molecule has 0 radical (unpaired) electrons. The smallest absolute Gasteiger partial charge is 0.306 e. The second kappa shape index (κ2) is 8.39. The normalized spacial score (nSPS) is 10.9. The molecule has 2 heterocycles. The Hall–Kier alpha value is -3.27. The topological polar surface area (TPSA) is 108 Å². The minimum absolute atomic E-state index is 0.0715. The van der Waals surface area contributed by atoms with Crippen molar-refractivity contribution in [2.75, 3.05) is 5.32 Å². The van der Waals surface area contributed by atoms with Gasteiger partial charge in [0.15, 0.2) is 0 Å². The molecule has 9 nitrogen and oxygen atoms in total. The first kappa shape index (κ1) is 20.5. The van der Waals surface area contributed by atoms with E-state index in [9.17, 15) is 19.3 Å². The van der Waals surface area contributed by atoms with Gasteiger partial charge in [0.1, 0.15) is 18.2 Å². The molecule has 1 N–H and O–H groups in total. The highest BCUT2D eigenvalue weighted by atomic mass is 35.5. The molecule has 0 aliphatic heterocycles. The summed E-state index contributed by atoms with van der Waals surface area (Å²) in [6, 6.07) is 4.46. The van der Waals surface area contributed by atoms with Gasteiger partial charge >= 0.3 is 5.69 Å². The van der Waals surface area contributed by atoms with E-state index in [-0.39, 0.29) is 31.1 Å². The number of benzene rings is 1. The van der Waals surface area contributed by atoms with Crippen LogP contribution < -0.4 is 5.32 Å². The number of nitro groups is 1. The Morgan fingerprint density at radius 3 is 2.79 bits per heavy atom. The quantitative estimate of drug-likeness (QED) is 0.465. The number of nitrogens with one attached hydrogen (secondary N) is 1. The van der Waals surface area contributed by atoms with Crippen LogP contribution in [0.3, 0.4) is 0 Å². The molecule has 0 saturated carbocycles. The minimum Gasteiger partial charge on any atom is -0.323 e. The van der Waals surface area contributed by atoms with Crippen LogP contribution in [0.1, 0.15) is 23.4 Å². The van der Waals surface area contributed by atoms with Crippen LogP contribution in [0.25, 0.3) is 0 Å². The number of anilines is 1. The van der Waals surface area contributed by atoms with E-state index in [4.69, 9.17) is 11.6 Å². The van der Waals surface area contributed by atoms with Gasteiger partial charge in [0.25, 0.3) is 0 Å². The van der Waals surface area contributed by atoms with Crippen LogP contribution in [0.15, 0.2) is 30.6 Å². The Morgan fingerprint density at radius 1 is 1.38 bits per heavy atom. The van der Waals surface area contributed by atoms with Crippen molar-refractivity contribution in [3.8, 4) is 0 Å². The van der Waals surface area contributed by atoms with E-state index >= 15 is 0 Å². The van der Waals surface area contributed by atoms with E-state index < -0.39 is 10.7 Å². The lowest BCUT2D eigenvalue weighted by molar-refractivity contribution is -0.385. The van der Waals surface area contributed by atoms with Gasteiger partial charge in [-0.3, -0.25) is 24.3 Å². The number of amides is 1. The molecule has 2 aromatic heterocycles. The van der Waals surface area contributed by atoms with E-state index in [0.717, 1.165) is 6.20 Å². The molecule has 152 valence electrons. The van der Waals surface area contributed by atoms with Crippen LogP contribution in [0.5, 0.6) is 0 Å². The van der Waals surface area contributed by atoms with Gasteiger partial charge in [-0.05, 0) is 26.0 Å². The molecule has 29 heavy (non-hydrogen) atoms. The van der Waals surface area contributed by atoms with Crippen molar-refractivity contribution in [1.29, 1.82) is 0 Å². The average Bonchev–Trinajstić information content (AvgIpc) is 3.24. The lowest BCUT2D eigenvalue weighted by atomic mass is 10.2. The van der Waals surface area contributed by atoms with E-state index in [2.05, 4.69) is 15.5 Å². The summed E-state index contributed by atoms with van der Waals surface area (Å²) in [5.41, 5.74) is 1.96. The summed E-state index contributed by atoms with van der Waals surface area (Å²) in [5, 5.41) is 22.0. The number of aromatic nitrogens is 4. The van der Waals surface area contributed by atoms with Crippen molar-refractivity contribution in [2.45, 2.75) is 33.4 Å².